The maximum absolute atomic E-state index is 12.2. The highest BCUT2D eigenvalue weighted by Crippen LogP contribution is 2.20. The lowest BCUT2D eigenvalue weighted by atomic mass is 10.2. The van der Waals surface area contributed by atoms with Gasteiger partial charge in [-0.1, -0.05) is 23.7 Å². The summed E-state index contributed by atoms with van der Waals surface area (Å²) in [7, 11) is -3.71. The van der Waals surface area contributed by atoms with Crippen molar-refractivity contribution in [3.05, 3.63) is 53.6 Å². The van der Waals surface area contributed by atoms with E-state index in [9.17, 15) is 13.2 Å². The molecule has 0 atom stereocenters. The maximum atomic E-state index is 12.2. The van der Waals surface area contributed by atoms with Crippen LogP contribution in [0.1, 0.15) is 6.42 Å². The Morgan fingerprint density at radius 1 is 1.11 bits per heavy atom. The molecule has 2 aromatic rings. The Bertz CT molecular complexity index is 930. The maximum Gasteiger partial charge on any atom is 0.240 e. The highest BCUT2D eigenvalue weighted by atomic mass is 35.5. The van der Waals surface area contributed by atoms with Crippen LogP contribution in [0.15, 0.2) is 53.4 Å². The molecule has 2 aromatic carbocycles. The van der Waals surface area contributed by atoms with Crippen molar-refractivity contribution < 1.29 is 17.9 Å². The zero-order valence-corrected chi connectivity index (χ0v) is 16.8. The Labute approximate surface area is 169 Å². The van der Waals surface area contributed by atoms with Crippen molar-refractivity contribution in [1.82, 2.24) is 4.72 Å². The van der Waals surface area contributed by atoms with Crippen molar-refractivity contribution in [2.45, 2.75) is 11.3 Å². The van der Waals surface area contributed by atoms with E-state index in [2.05, 4.69) is 14.9 Å². The van der Waals surface area contributed by atoms with Gasteiger partial charge in [-0.15, -0.1) is 0 Å². The lowest BCUT2D eigenvalue weighted by molar-refractivity contribution is -0.116. The van der Waals surface area contributed by atoms with Gasteiger partial charge in [0.2, 0.25) is 15.9 Å². The van der Waals surface area contributed by atoms with Crippen molar-refractivity contribution in [2.24, 2.45) is 0 Å². The number of amides is 1. The molecule has 7 nitrogen and oxygen atoms in total. The van der Waals surface area contributed by atoms with Crippen LogP contribution in [0.5, 0.6) is 0 Å². The number of morpholine rings is 1. The van der Waals surface area contributed by atoms with Crippen molar-refractivity contribution in [3.63, 3.8) is 0 Å². The average molecular weight is 424 g/mol. The molecule has 0 radical (unpaired) electrons. The molecule has 28 heavy (non-hydrogen) atoms. The third-order valence-corrected chi connectivity index (χ3v) is 5.95. The van der Waals surface area contributed by atoms with Gasteiger partial charge in [-0.2, -0.15) is 0 Å². The minimum absolute atomic E-state index is 0.0101. The Morgan fingerprint density at radius 2 is 1.86 bits per heavy atom. The topological polar surface area (TPSA) is 87.7 Å². The van der Waals surface area contributed by atoms with Gasteiger partial charge in [-0.05, 0) is 36.4 Å². The van der Waals surface area contributed by atoms with Crippen LogP contribution in [0.3, 0.4) is 0 Å². The monoisotopic (exact) mass is 423 g/mol. The van der Waals surface area contributed by atoms with E-state index in [-0.39, 0.29) is 23.8 Å². The van der Waals surface area contributed by atoms with E-state index in [1.807, 2.05) is 18.2 Å². The average Bonchev–Trinajstić information content (AvgIpc) is 2.69. The van der Waals surface area contributed by atoms with Crippen LogP contribution in [0, 0.1) is 0 Å². The van der Waals surface area contributed by atoms with E-state index in [1.165, 1.54) is 12.1 Å². The predicted octanol–water partition coefficient (Wildman–Crippen LogP) is 2.48. The van der Waals surface area contributed by atoms with Crippen molar-refractivity contribution >= 4 is 38.9 Å². The number of nitrogens with zero attached hydrogens (tertiary/aromatic N) is 1. The lowest BCUT2D eigenvalue weighted by Gasteiger charge is -2.29. The van der Waals surface area contributed by atoms with Crippen LogP contribution in [0.25, 0.3) is 0 Å². The number of hydrogen-bond acceptors (Lipinski definition) is 5. The van der Waals surface area contributed by atoms with Crippen LogP contribution >= 0.6 is 11.6 Å². The van der Waals surface area contributed by atoms with E-state index in [0.29, 0.717) is 23.9 Å². The number of halogens is 1. The molecule has 0 bridgehead atoms. The van der Waals surface area contributed by atoms with Gasteiger partial charge in [0, 0.05) is 42.5 Å². The summed E-state index contributed by atoms with van der Waals surface area (Å²) >= 11 is 5.83. The molecular formula is C19H22ClN3O4S. The fourth-order valence-electron chi connectivity index (χ4n) is 2.84. The van der Waals surface area contributed by atoms with E-state index >= 15 is 0 Å². The molecule has 2 N–H and O–H groups in total. The molecule has 0 aliphatic carbocycles. The van der Waals surface area contributed by atoms with Crippen LogP contribution in [-0.2, 0) is 19.6 Å². The summed E-state index contributed by atoms with van der Waals surface area (Å²) in [6.07, 6.45) is 0.0155. The Kier molecular flexibility index (Phi) is 6.90. The number of carbonyl (C=O) groups is 1. The van der Waals surface area contributed by atoms with Crippen molar-refractivity contribution in [2.75, 3.05) is 43.1 Å². The van der Waals surface area contributed by atoms with E-state index in [0.717, 1.165) is 18.8 Å². The quantitative estimate of drug-likeness (QED) is 0.714. The van der Waals surface area contributed by atoms with Crippen LogP contribution in [-0.4, -0.2) is 47.2 Å². The van der Waals surface area contributed by atoms with E-state index in [4.69, 9.17) is 16.3 Å². The zero-order valence-electron chi connectivity index (χ0n) is 15.2. The molecule has 1 aliphatic rings. The fourth-order valence-corrected chi connectivity index (χ4v) is 4.17. The van der Waals surface area contributed by atoms with Crippen LogP contribution in [0.4, 0.5) is 11.4 Å². The normalized spacial score (nSPS) is 14.7. The molecule has 0 unspecified atom stereocenters. The van der Waals surface area contributed by atoms with E-state index < -0.39 is 10.0 Å². The number of nitrogens with one attached hydrogen (secondary N) is 2. The molecule has 0 saturated carbocycles. The first-order chi connectivity index (χ1) is 13.4. The van der Waals surface area contributed by atoms with Gasteiger partial charge in [0.15, 0.2) is 0 Å². The molecule has 1 aliphatic heterocycles. The second-order valence-electron chi connectivity index (χ2n) is 6.30. The summed E-state index contributed by atoms with van der Waals surface area (Å²) < 4.78 is 32.2. The summed E-state index contributed by atoms with van der Waals surface area (Å²) in [4.78, 5) is 14.4. The molecule has 9 heteroatoms. The summed E-state index contributed by atoms with van der Waals surface area (Å²) in [6.45, 7) is 2.97. The zero-order chi connectivity index (χ0) is 20.0. The first-order valence-corrected chi connectivity index (χ1v) is 10.8. The Hall–Kier alpha value is -2.13. The summed E-state index contributed by atoms with van der Waals surface area (Å²) in [5.74, 6) is -0.270. The minimum atomic E-state index is -3.71. The fraction of sp³-hybridized carbons (Fsp3) is 0.316. The molecule has 1 fully saturated rings. The first-order valence-electron chi connectivity index (χ1n) is 8.92. The highest BCUT2D eigenvalue weighted by Gasteiger charge is 2.15. The minimum Gasteiger partial charge on any atom is -0.378 e. The summed E-state index contributed by atoms with van der Waals surface area (Å²) in [5.41, 5.74) is 1.69. The smallest absolute Gasteiger partial charge is 0.240 e. The highest BCUT2D eigenvalue weighted by molar-refractivity contribution is 7.89. The summed E-state index contributed by atoms with van der Waals surface area (Å²) in [5, 5.41) is 3.14. The molecule has 0 aromatic heterocycles. The SMILES string of the molecule is O=C(CCNS(=O)(=O)c1cccc(Cl)c1)Nc1cccc(N2CCOCC2)c1. The number of ether oxygens (including phenoxy) is 1. The van der Waals surface area contributed by atoms with Gasteiger partial charge >= 0.3 is 0 Å². The van der Waals surface area contributed by atoms with Gasteiger partial charge < -0.3 is 15.0 Å². The van der Waals surface area contributed by atoms with E-state index in [1.54, 1.807) is 18.2 Å². The summed E-state index contributed by atoms with van der Waals surface area (Å²) in [6, 6.07) is 13.5. The van der Waals surface area contributed by atoms with Crippen LogP contribution in [0.2, 0.25) is 5.02 Å². The van der Waals surface area contributed by atoms with Crippen LogP contribution < -0.4 is 14.9 Å². The van der Waals surface area contributed by atoms with Gasteiger partial charge in [0.05, 0.1) is 18.1 Å². The van der Waals surface area contributed by atoms with Crippen molar-refractivity contribution in [3.8, 4) is 0 Å². The number of sulfonamides is 1. The van der Waals surface area contributed by atoms with Gasteiger partial charge in [0.25, 0.3) is 0 Å². The first kappa shape index (κ1) is 20.6. The molecule has 1 saturated heterocycles. The molecule has 1 amide bonds. The standard InChI is InChI=1S/C19H22ClN3O4S/c20-15-3-1-6-18(13-15)28(25,26)21-8-7-19(24)22-16-4-2-5-17(14-16)23-9-11-27-12-10-23/h1-6,13-14,21H,7-12H2,(H,22,24). The lowest BCUT2D eigenvalue weighted by Crippen LogP contribution is -2.36. The van der Waals surface area contributed by atoms with Crippen molar-refractivity contribution in [1.29, 1.82) is 0 Å². The molecule has 1 heterocycles. The number of anilines is 2. The Balaban J connectivity index is 1.52. The second kappa shape index (κ2) is 9.38. The molecule has 3 rings (SSSR count). The Morgan fingerprint density at radius 3 is 2.61 bits per heavy atom. The number of carbonyl (C=O) groups excluding carboxylic acids is 1. The number of hydrogen-bond donors (Lipinski definition) is 2. The third kappa shape index (κ3) is 5.68. The van der Waals surface area contributed by atoms with Gasteiger partial charge in [-0.25, -0.2) is 13.1 Å². The third-order valence-electron chi connectivity index (χ3n) is 4.26. The molecule has 0 spiro atoms. The second-order valence-corrected chi connectivity index (χ2v) is 8.51. The number of benzene rings is 2. The largest absolute Gasteiger partial charge is 0.378 e. The predicted molar refractivity (Wildman–Crippen MR) is 109 cm³/mol. The number of rotatable bonds is 7. The molecular weight excluding hydrogens is 402 g/mol. The van der Waals surface area contributed by atoms with Gasteiger partial charge in [0.1, 0.15) is 0 Å². The van der Waals surface area contributed by atoms with Gasteiger partial charge in [-0.3, -0.25) is 4.79 Å². The molecule has 150 valence electrons.